The van der Waals surface area contributed by atoms with Crippen molar-refractivity contribution >= 4 is 39.5 Å². The molecular formula is C74H144O17P2. The zero-order chi connectivity index (χ0) is 68.4. The lowest BCUT2D eigenvalue weighted by molar-refractivity contribution is -0.161. The summed E-state index contributed by atoms with van der Waals surface area (Å²) in [6, 6.07) is 0. The Bertz CT molecular complexity index is 1790. The number of ether oxygens (including phenoxy) is 4. The van der Waals surface area contributed by atoms with Crippen LogP contribution < -0.4 is 0 Å². The van der Waals surface area contributed by atoms with Crippen LogP contribution in [0.5, 0.6) is 0 Å². The van der Waals surface area contributed by atoms with Gasteiger partial charge >= 0.3 is 39.5 Å². The molecule has 0 saturated heterocycles. The zero-order valence-corrected chi connectivity index (χ0v) is 62.2. The fourth-order valence-corrected chi connectivity index (χ4v) is 12.9. The second kappa shape index (κ2) is 67.3. The third kappa shape index (κ3) is 67.0. The van der Waals surface area contributed by atoms with Crippen molar-refractivity contribution in [3.8, 4) is 0 Å². The third-order valence-electron chi connectivity index (χ3n) is 17.6. The van der Waals surface area contributed by atoms with Crippen molar-refractivity contribution < 1.29 is 80.2 Å². The summed E-state index contributed by atoms with van der Waals surface area (Å²) in [7, 11) is -9.90. The first kappa shape index (κ1) is 91.1. The van der Waals surface area contributed by atoms with Crippen LogP contribution in [0.25, 0.3) is 0 Å². The van der Waals surface area contributed by atoms with Gasteiger partial charge in [0.15, 0.2) is 12.2 Å². The van der Waals surface area contributed by atoms with E-state index in [0.29, 0.717) is 25.7 Å². The fourth-order valence-electron chi connectivity index (χ4n) is 11.3. The highest BCUT2D eigenvalue weighted by atomic mass is 31.2. The van der Waals surface area contributed by atoms with Gasteiger partial charge in [0.2, 0.25) is 0 Å². The summed E-state index contributed by atoms with van der Waals surface area (Å²) in [6.07, 6.45) is 55.9. The maximum Gasteiger partial charge on any atom is 0.472 e. The second-order valence-corrected chi connectivity index (χ2v) is 29.8. The molecule has 0 spiro atoms. The van der Waals surface area contributed by atoms with Crippen LogP contribution in [-0.2, 0) is 65.4 Å². The molecule has 0 aliphatic rings. The van der Waals surface area contributed by atoms with Crippen LogP contribution in [0.2, 0.25) is 0 Å². The van der Waals surface area contributed by atoms with Gasteiger partial charge in [0, 0.05) is 25.7 Å². The van der Waals surface area contributed by atoms with E-state index in [1.807, 2.05) is 0 Å². The summed E-state index contributed by atoms with van der Waals surface area (Å²) < 4.78 is 68.3. The Morgan fingerprint density at radius 1 is 0.301 bits per heavy atom. The molecule has 0 aromatic rings. The zero-order valence-electron chi connectivity index (χ0n) is 60.4. The normalized spacial score (nSPS) is 14.3. The molecule has 0 aromatic heterocycles. The van der Waals surface area contributed by atoms with Crippen LogP contribution in [0, 0.1) is 5.92 Å². The number of hydrogen-bond donors (Lipinski definition) is 3. The highest BCUT2D eigenvalue weighted by molar-refractivity contribution is 7.47. The summed E-state index contributed by atoms with van der Waals surface area (Å²) in [6.45, 7) is 7.18. The quantitative estimate of drug-likeness (QED) is 0.0222. The summed E-state index contributed by atoms with van der Waals surface area (Å²) >= 11 is 0. The van der Waals surface area contributed by atoms with Gasteiger partial charge in [-0.3, -0.25) is 37.3 Å². The van der Waals surface area contributed by atoms with Crippen LogP contribution in [0.1, 0.15) is 388 Å². The number of esters is 4. The number of carbonyl (C=O) groups is 4. The summed E-state index contributed by atoms with van der Waals surface area (Å²) in [5, 5.41) is 10.6. The van der Waals surface area contributed by atoms with E-state index >= 15 is 0 Å². The van der Waals surface area contributed by atoms with Crippen molar-refractivity contribution in [3.05, 3.63) is 0 Å². The van der Waals surface area contributed by atoms with Gasteiger partial charge in [-0.1, -0.05) is 336 Å². The fraction of sp³-hybridized carbons (Fsp3) is 0.946. The number of carbonyl (C=O) groups excluding carboxylic acids is 4. The number of hydrogen-bond acceptors (Lipinski definition) is 15. The van der Waals surface area contributed by atoms with Gasteiger partial charge < -0.3 is 33.8 Å². The molecule has 0 radical (unpaired) electrons. The Balaban J connectivity index is 5.14. The first-order chi connectivity index (χ1) is 45.1. The molecule has 0 aromatic carbocycles. The van der Waals surface area contributed by atoms with E-state index in [1.54, 1.807) is 0 Å². The van der Waals surface area contributed by atoms with Crippen molar-refractivity contribution in [2.45, 2.75) is 406 Å². The van der Waals surface area contributed by atoms with Crippen molar-refractivity contribution in [3.63, 3.8) is 0 Å². The molecular weight excluding hydrogens is 1220 g/mol. The maximum absolute atomic E-state index is 13.1. The van der Waals surface area contributed by atoms with Crippen molar-refractivity contribution in [2.24, 2.45) is 5.92 Å². The largest absolute Gasteiger partial charge is 0.472 e. The molecule has 3 unspecified atom stereocenters. The Labute approximate surface area is 568 Å². The lowest BCUT2D eigenvalue weighted by Gasteiger charge is -2.21. The Morgan fingerprint density at radius 3 is 0.763 bits per heavy atom. The van der Waals surface area contributed by atoms with E-state index in [-0.39, 0.29) is 25.7 Å². The molecule has 3 N–H and O–H groups in total. The molecule has 0 fully saturated rings. The number of rotatable bonds is 74. The third-order valence-corrected chi connectivity index (χ3v) is 19.5. The molecule has 17 nitrogen and oxygen atoms in total. The van der Waals surface area contributed by atoms with Crippen molar-refractivity contribution in [1.82, 2.24) is 0 Å². The molecule has 0 amide bonds. The highest BCUT2D eigenvalue weighted by Gasteiger charge is 2.30. The number of phosphoric ester groups is 2. The smallest absolute Gasteiger partial charge is 0.462 e. The minimum atomic E-state index is -4.95. The summed E-state index contributed by atoms with van der Waals surface area (Å²) in [5.74, 6) is -1.41. The molecule has 0 heterocycles. The molecule has 0 aliphatic heterocycles. The maximum atomic E-state index is 13.1. The van der Waals surface area contributed by atoms with Gasteiger partial charge in [-0.15, -0.1) is 0 Å². The van der Waals surface area contributed by atoms with Gasteiger partial charge in [-0.25, -0.2) is 9.13 Å². The standard InChI is InChI=1S/C74H144O17P2/c1-6-10-13-16-19-21-23-25-27-28-29-30-31-32-33-34-36-38-40-43-49-54-59-73(78)90-69(64-85-72(77)58-53-48-42-39-37-35-26-24-22-20-17-14-11-7-2)65-88-92(80,81)86-61-68(75)62-87-93(82,83)89-66-70(63-84-71(76)57-52-47-41-18-15-12-8-3)91-74(79)60-55-50-45-44-46-51-56-67(5)9-4/h67-70,75H,6-66H2,1-5H3,(H,80,81)(H,82,83)/t67?,68-,69-,70-/m1/s1. The topological polar surface area (TPSA) is 237 Å². The molecule has 6 atom stereocenters. The van der Waals surface area contributed by atoms with Gasteiger partial charge in [-0.2, -0.15) is 0 Å². The second-order valence-electron chi connectivity index (χ2n) is 26.9. The molecule has 93 heavy (non-hydrogen) atoms. The molecule has 0 rings (SSSR count). The summed E-state index contributed by atoms with van der Waals surface area (Å²) in [5.41, 5.74) is 0. The van der Waals surface area contributed by atoms with E-state index in [4.69, 9.17) is 37.0 Å². The van der Waals surface area contributed by atoms with Gasteiger partial charge in [0.25, 0.3) is 0 Å². The highest BCUT2D eigenvalue weighted by Crippen LogP contribution is 2.45. The van der Waals surface area contributed by atoms with E-state index < -0.39 is 97.5 Å². The molecule has 0 saturated carbocycles. The van der Waals surface area contributed by atoms with Crippen molar-refractivity contribution in [2.75, 3.05) is 39.6 Å². The van der Waals surface area contributed by atoms with Gasteiger partial charge in [0.1, 0.15) is 19.3 Å². The Morgan fingerprint density at radius 2 is 0.516 bits per heavy atom. The lowest BCUT2D eigenvalue weighted by Crippen LogP contribution is -2.30. The molecule has 552 valence electrons. The van der Waals surface area contributed by atoms with Crippen LogP contribution in [0.15, 0.2) is 0 Å². The predicted molar refractivity (Wildman–Crippen MR) is 377 cm³/mol. The Hall–Kier alpha value is -1.94. The average Bonchev–Trinajstić information content (AvgIpc) is 2.76. The number of unbranched alkanes of at least 4 members (excludes halogenated alkanes) is 45. The predicted octanol–water partition coefficient (Wildman–Crippen LogP) is 21.7. The number of phosphoric acid groups is 2. The van der Waals surface area contributed by atoms with Crippen molar-refractivity contribution in [1.29, 1.82) is 0 Å². The minimum Gasteiger partial charge on any atom is -0.462 e. The van der Waals surface area contributed by atoms with E-state index in [0.717, 1.165) is 109 Å². The van der Waals surface area contributed by atoms with Crippen LogP contribution >= 0.6 is 15.6 Å². The molecule has 0 bridgehead atoms. The van der Waals surface area contributed by atoms with Gasteiger partial charge in [0.05, 0.1) is 26.4 Å². The SMILES string of the molecule is CCCCCCCCCCCCCCCCCCCCCCCCC(=O)O[C@H](COC(=O)CCCCCCCCCCCCCCCC)COP(=O)(O)OC[C@@H](O)COP(=O)(O)OC[C@@H](COC(=O)CCCCCCCCC)OC(=O)CCCCCCCCC(C)CC. The Kier molecular flexibility index (Phi) is 65.9. The average molecular weight is 1370 g/mol. The van der Waals surface area contributed by atoms with Crippen LogP contribution in [-0.4, -0.2) is 96.7 Å². The van der Waals surface area contributed by atoms with E-state index in [1.165, 1.54) is 199 Å². The van der Waals surface area contributed by atoms with Crippen LogP contribution in [0.4, 0.5) is 0 Å². The first-order valence-electron chi connectivity index (χ1n) is 38.7. The lowest BCUT2D eigenvalue weighted by atomic mass is 10.00. The van der Waals surface area contributed by atoms with E-state index in [9.17, 15) is 43.2 Å². The number of aliphatic hydroxyl groups is 1. The van der Waals surface area contributed by atoms with Gasteiger partial charge in [-0.05, 0) is 31.6 Å². The molecule has 0 aliphatic carbocycles. The first-order valence-corrected chi connectivity index (χ1v) is 41.7. The monoisotopic (exact) mass is 1370 g/mol. The summed E-state index contributed by atoms with van der Waals surface area (Å²) in [4.78, 5) is 72.5. The minimum absolute atomic E-state index is 0.103. The number of aliphatic hydroxyl groups excluding tert-OH is 1. The van der Waals surface area contributed by atoms with E-state index in [2.05, 4.69) is 34.6 Å². The van der Waals surface area contributed by atoms with Crippen LogP contribution in [0.3, 0.4) is 0 Å². The molecule has 19 heteroatoms.